The third-order valence-electron chi connectivity index (χ3n) is 2.16. The van der Waals surface area contributed by atoms with E-state index in [1.165, 1.54) is 5.56 Å². The van der Waals surface area contributed by atoms with Gasteiger partial charge in [-0.1, -0.05) is 42.4 Å². The molecule has 0 aliphatic carbocycles. The minimum atomic E-state index is 0.609. The summed E-state index contributed by atoms with van der Waals surface area (Å²) in [5, 5.41) is 5.76. The van der Waals surface area contributed by atoms with Crippen LogP contribution in [-0.4, -0.2) is 17.0 Å². The summed E-state index contributed by atoms with van der Waals surface area (Å²) >= 11 is 7.61. The van der Waals surface area contributed by atoms with Crippen molar-refractivity contribution in [1.29, 1.82) is 0 Å². The molecule has 0 saturated carbocycles. The number of rotatable bonds is 2. The summed E-state index contributed by atoms with van der Waals surface area (Å²) < 4.78 is 0. The molecule has 1 heterocycles. The van der Waals surface area contributed by atoms with E-state index in [2.05, 4.69) is 17.2 Å². The Morgan fingerprint density at radius 3 is 2.80 bits per heavy atom. The largest absolute Gasteiger partial charge is 0.361 e. The Bertz CT molecular complexity index is 361. The summed E-state index contributed by atoms with van der Waals surface area (Å²) in [6.07, 6.45) is 0. The molecule has 1 unspecified atom stereocenters. The Balaban J connectivity index is 1.86. The normalized spacial score (nSPS) is 20.1. The number of hydrogen-bond donors (Lipinski definition) is 1. The van der Waals surface area contributed by atoms with Gasteiger partial charge in [0.15, 0.2) is 5.17 Å². The van der Waals surface area contributed by atoms with E-state index in [1.54, 1.807) is 11.8 Å². The fourth-order valence-electron chi connectivity index (χ4n) is 1.35. The van der Waals surface area contributed by atoms with Gasteiger partial charge in [0.1, 0.15) is 0 Å². The van der Waals surface area contributed by atoms with E-state index in [4.69, 9.17) is 11.6 Å². The molecule has 15 heavy (non-hydrogen) atoms. The van der Waals surface area contributed by atoms with Gasteiger partial charge in [0.2, 0.25) is 0 Å². The molecule has 0 radical (unpaired) electrons. The van der Waals surface area contributed by atoms with Gasteiger partial charge in [0.25, 0.3) is 0 Å². The molecule has 2 nitrogen and oxygen atoms in total. The van der Waals surface area contributed by atoms with Gasteiger partial charge in [-0.15, -0.1) is 0 Å². The lowest BCUT2D eigenvalue weighted by Gasteiger charge is -2.05. The highest BCUT2D eigenvalue weighted by atomic mass is 35.5. The van der Waals surface area contributed by atoms with Crippen LogP contribution in [-0.2, 0) is 6.54 Å². The van der Waals surface area contributed by atoms with Crippen LogP contribution in [0.25, 0.3) is 0 Å². The van der Waals surface area contributed by atoms with E-state index < -0.39 is 0 Å². The summed E-state index contributed by atoms with van der Waals surface area (Å²) in [4.78, 5) is 4.39. The minimum Gasteiger partial charge on any atom is -0.361 e. The Morgan fingerprint density at radius 2 is 2.20 bits per heavy atom. The van der Waals surface area contributed by atoms with Gasteiger partial charge >= 0.3 is 0 Å². The summed E-state index contributed by atoms with van der Waals surface area (Å²) in [5.74, 6) is 0. The molecule has 2 rings (SSSR count). The second-order valence-corrected chi connectivity index (χ2v) is 5.42. The van der Waals surface area contributed by atoms with E-state index in [9.17, 15) is 0 Å². The molecule has 1 aliphatic rings. The first-order valence-corrected chi connectivity index (χ1v) is 6.19. The van der Waals surface area contributed by atoms with Crippen LogP contribution in [0.5, 0.6) is 0 Å². The first kappa shape index (κ1) is 10.8. The third-order valence-corrected chi connectivity index (χ3v) is 3.46. The van der Waals surface area contributed by atoms with Crippen molar-refractivity contribution in [2.24, 2.45) is 4.99 Å². The second kappa shape index (κ2) is 4.90. The molecule has 0 amide bonds. The molecule has 1 aromatic carbocycles. The Kier molecular flexibility index (Phi) is 3.54. The van der Waals surface area contributed by atoms with Gasteiger partial charge in [-0.05, 0) is 17.7 Å². The Hall–Kier alpha value is -0.670. The Morgan fingerprint density at radius 1 is 1.47 bits per heavy atom. The molecular weight excluding hydrogens is 228 g/mol. The average molecular weight is 241 g/mol. The first-order chi connectivity index (χ1) is 7.24. The number of benzene rings is 1. The molecule has 0 aromatic heterocycles. The predicted octanol–water partition coefficient (Wildman–Crippen LogP) is 2.92. The summed E-state index contributed by atoms with van der Waals surface area (Å²) in [7, 11) is 0. The van der Waals surface area contributed by atoms with E-state index in [-0.39, 0.29) is 0 Å². The van der Waals surface area contributed by atoms with Gasteiger partial charge in [0.05, 0.1) is 6.54 Å². The standard InChI is InChI=1S/C11H13ClN2S/c1-8-6-13-11(15-8)14-7-9-2-4-10(12)5-3-9/h2-5,8H,6-7H2,1H3,(H,13,14). The van der Waals surface area contributed by atoms with Crippen LogP contribution in [0.3, 0.4) is 0 Å². The van der Waals surface area contributed by atoms with E-state index in [0.717, 1.165) is 23.3 Å². The van der Waals surface area contributed by atoms with Crippen LogP contribution >= 0.6 is 23.4 Å². The smallest absolute Gasteiger partial charge is 0.157 e. The molecule has 0 saturated heterocycles. The molecule has 0 fully saturated rings. The van der Waals surface area contributed by atoms with Gasteiger partial charge < -0.3 is 5.32 Å². The number of amidine groups is 1. The number of halogens is 1. The van der Waals surface area contributed by atoms with E-state index in [0.29, 0.717) is 5.25 Å². The van der Waals surface area contributed by atoms with Crippen molar-refractivity contribution >= 4 is 28.5 Å². The summed E-state index contributed by atoms with van der Waals surface area (Å²) in [5.41, 5.74) is 1.22. The second-order valence-electron chi connectivity index (χ2n) is 3.55. The average Bonchev–Trinajstić information content (AvgIpc) is 2.64. The maximum atomic E-state index is 5.81. The molecule has 1 aromatic rings. The topological polar surface area (TPSA) is 24.4 Å². The molecule has 0 bridgehead atoms. The molecule has 80 valence electrons. The number of hydrogen-bond acceptors (Lipinski definition) is 3. The van der Waals surface area contributed by atoms with Gasteiger partial charge in [-0.2, -0.15) is 0 Å². The maximum absolute atomic E-state index is 5.81. The van der Waals surface area contributed by atoms with Gasteiger partial charge in [0, 0.05) is 16.8 Å². The van der Waals surface area contributed by atoms with Crippen LogP contribution < -0.4 is 5.32 Å². The highest BCUT2D eigenvalue weighted by Gasteiger charge is 2.13. The summed E-state index contributed by atoms with van der Waals surface area (Å²) in [6, 6.07) is 7.87. The lowest BCUT2D eigenvalue weighted by atomic mass is 10.2. The van der Waals surface area contributed by atoms with Crippen molar-refractivity contribution in [3.05, 3.63) is 34.9 Å². The molecule has 1 atom stereocenters. The van der Waals surface area contributed by atoms with Crippen molar-refractivity contribution in [3.63, 3.8) is 0 Å². The highest BCUT2D eigenvalue weighted by molar-refractivity contribution is 8.14. The van der Waals surface area contributed by atoms with Crippen molar-refractivity contribution in [1.82, 2.24) is 5.32 Å². The molecule has 0 spiro atoms. The van der Waals surface area contributed by atoms with Crippen LogP contribution in [0, 0.1) is 0 Å². The van der Waals surface area contributed by atoms with Crippen LogP contribution in [0.1, 0.15) is 12.5 Å². The SMILES string of the molecule is CC1CN=C(NCc2ccc(Cl)cc2)S1. The number of aliphatic imine (C=N–C) groups is 1. The first-order valence-electron chi connectivity index (χ1n) is 4.93. The number of nitrogens with one attached hydrogen (secondary N) is 1. The Labute approximate surface area is 99.1 Å². The van der Waals surface area contributed by atoms with Gasteiger partial charge in [-0.25, -0.2) is 0 Å². The zero-order valence-corrected chi connectivity index (χ0v) is 10.1. The predicted molar refractivity (Wildman–Crippen MR) is 67.6 cm³/mol. The van der Waals surface area contributed by atoms with Crippen molar-refractivity contribution in [2.75, 3.05) is 6.54 Å². The van der Waals surface area contributed by atoms with Crippen molar-refractivity contribution in [3.8, 4) is 0 Å². The summed E-state index contributed by atoms with van der Waals surface area (Å²) in [6.45, 7) is 3.93. The third kappa shape index (κ3) is 3.14. The van der Waals surface area contributed by atoms with Crippen LogP contribution in [0.4, 0.5) is 0 Å². The number of thioether (sulfide) groups is 1. The maximum Gasteiger partial charge on any atom is 0.157 e. The van der Waals surface area contributed by atoms with Crippen molar-refractivity contribution in [2.45, 2.75) is 18.7 Å². The zero-order valence-electron chi connectivity index (χ0n) is 8.53. The monoisotopic (exact) mass is 240 g/mol. The quantitative estimate of drug-likeness (QED) is 0.860. The molecule has 1 N–H and O–H groups in total. The van der Waals surface area contributed by atoms with Crippen LogP contribution in [0.15, 0.2) is 29.3 Å². The minimum absolute atomic E-state index is 0.609. The fourth-order valence-corrected chi connectivity index (χ4v) is 2.31. The highest BCUT2D eigenvalue weighted by Crippen LogP contribution is 2.18. The zero-order chi connectivity index (χ0) is 10.7. The van der Waals surface area contributed by atoms with E-state index in [1.807, 2.05) is 24.3 Å². The van der Waals surface area contributed by atoms with Crippen LogP contribution in [0.2, 0.25) is 5.02 Å². The lowest BCUT2D eigenvalue weighted by molar-refractivity contribution is 0.913. The molecule has 1 aliphatic heterocycles. The molecular formula is C11H13ClN2S. The molecule has 4 heteroatoms. The number of nitrogens with zero attached hydrogens (tertiary/aromatic N) is 1. The van der Waals surface area contributed by atoms with Gasteiger partial charge in [-0.3, -0.25) is 4.99 Å². The van der Waals surface area contributed by atoms with E-state index >= 15 is 0 Å². The lowest BCUT2D eigenvalue weighted by Crippen LogP contribution is -2.18. The van der Waals surface area contributed by atoms with Crippen molar-refractivity contribution < 1.29 is 0 Å². The fraction of sp³-hybridized carbons (Fsp3) is 0.364.